The molecule has 7 heteroatoms. The third-order valence-electron chi connectivity index (χ3n) is 2.81. The standard InChI is InChI=1S/C10H15NO4S2/c1-2-7-3-4-10(16-7)17(14,15)11-5-8(12)9(13)6-11/h3-4,8-9,12-13H,2,5-6H2,1H3. The van der Waals surface area contributed by atoms with E-state index in [0.717, 1.165) is 15.6 Å². The zero-order valence-corrected chi connectivity index (χ0v) is 11.0. The maximum absolute atomic E-state index is 12.2. The van der Waals surface area contributed by atoms with Crippen molar-refractivity contribution in [2.75, 3.05) is 13.1 Å². The third-order valence-corrected chi connectivity index (χ3v) is 6.33. The molecule has 1 saturated heterocycles. The first kappa shape index (κ1) is 13.0. The molecule has 0 spiro atoms. The highest BCUT2D eigenvalue weighted by Gasteiger charge is 2.38. The van der Waals surface area contributed by atoms with Crippen LogP contribution in [0.5, 0.6) is 0 Å². The van der Waals surface area contributed by atoms with Crippen LogP contribution in [0.2, 0.25) is 0 Å². The van der Waals surface area contributed by atoms with Crippen LogP contribution in [0.3, 0.4) is 0 Å². The number of rotatable bonds is 3. The van der Waals surface area contributed by atoms with Gasteiger partial charge in [0.2, 0.25) is 0 Å². The van der Waals surface area contributed by atoms with Gasteiger partial charge in [-0.3, -0.25) is 0 Å². The van der Waals surface area contributed by atoms with Crippen LogP contribution in [-0.2, 0) is 16.4 Å². The van der Waals surface area contributed by atoms with E-state index in [1.165, 1.54) is 11.3 Å². The molecule has 5 nitrogen and oxygen atoms in total. The van der Waals surface area contributed by atoms with E-state index in [2.05, 4.69) is 0 Å². The molecule has 0 saturated carbocycles. The molecule has 1 fully saturated rings. The Kier molecular flexibility index (Phi) is 3.55. The smallest absolute Gasteiger partial charge is 0.252 e. The molecule has 2 heterocycles. The molecule has 17 heavy (non-hydrogen) atoms. The van der Waals surface area contributed by atoms with E-state index in [9.17, 15) is 18.6 Å². The van der Waals surface area contributed by atoms with Gasteiger partial charge in [0.1, 0.15) is 4.21 Å². The Labute approximate surface area is 104 Å². The van der Waals surface area contributed by atoms with Crippen LogP contribution >= 0.6 is 11.3 Å². The zero-order valence-electron chi connectivity index (χ0n) is 9.41. The maximum Gasteiger partial charge on any atom is 0.252 e. The Morgan fingerprint density at radius 1 is 1.35 bits per heavy atom. The number of thiophene rings is 1. The molecule has 0 aromatic carbocycles. The molecule has 2 atom stereocenters. The number of β-amino-alcohol motifs (C(OH)–C–C–N with tert-alkyl or cyclic N) is 2. The topological polar surface area (TPSA) is 77.8 Å². The summed E-state index contributed by atoms with van der Waals surface area (Å²) in [6.45, 7) is 1.89. The highest BCUT2D eigenvalue weighted by atomic mass is 32.2. The first-order chi connectivity index (χ1) is 7.95. The largest absolute Gasteiger partial charge is 0.389 e. The van der Waals surface area contributed by atoms with Crippen molar-refractivity contribution in [3.63, 3.8) is 0 Å². The summed E-state index contributed by atoms with van der Waals surface area (Å²) in [7, 11) is -3.56. The lowest BCUT2D eigenvalue weighted by Crippen LogP contribution is -2.29. The van der Waals surface area contributed by atoms with Crippen LogP contribution in [0.25, 0.3) is 0 Å². The van der Waals surface area contributed by atoms with Crippen molar-refractivity contribution in [1.82, 2.24) is 4.31 Å². The van der Waals surface area contributed by atoms with Gasteiger partial charge in [0.25, 0.3) is 10.0 Å². The Morgan fingerprint density at radius 3 is 2.41 bits per heavy atom. The summed E-state index contributed by atoms with van der Waals surface area (Å²) >= 11 is 1.24. The lowest BCUT2D eigenvalue weighted by Gasteiger charge is -2.13. The number of aliphatic hydroxyl groups excluding tert-OH is 2. The second kappa shape index (κ2) is 4.66. The minimum absolute atomic E-state index is 0.0388. The van der Waals surface area contributed by atoms with Gasteiger partial charge >= 0.3 is 0 Å². The van der Waals surface area contributed by atoms with E-state index in [1.54, 1.807) is 12.1 Å². The minimum atomic E-state index is -3.56. The Bertz CT molecular complexity index is 486. The predicted molar refractivity (Wildman–Crippen MR) is 64.5 cm³/mol. The highest BCUT2D eigenvalue weighted by molar-refractivity contribution is 7.91. The Balaban J connectivity index is 2.25. The average molecular weight is 277 g/mol. The van der Waals surface area contributed by atoms with Gasteiger partial charge in [-0.25, -0.2) is 8.42 Å². The van der Waals surface area contributed by atoms with Crippen molar-refractivity contribution < 1.29 is 18.6 Å². The van der Waals surface area contributed by atoms with Gasteiger partial charge in [-0.2, -0.15) is 4.31 Å². The summed E-state index contributed by atoms with van der Waals surface area (Å²) < 4.78 is 25.7. The number of aryl methyl sites for hydroxylation is 1. The molecule has 0 bridgehead atoms. The van der Waals surface area contributed by atoms with Crippen LogP contribution in [0.4, 0.5) is 0 Å². The Hall–Kier alpha value is -0.470. The summed E-state index contributed by atoms with van der Waals surface area (Å²) in [5.74, 6) is 0. The molecule has 0 aliphatic carbocycles. The van der Waals surface area contributed by atoms with Crippen LogP contribution < -0.4 is 0 Å². The van der Waals surface area contributed by atoms with Gasteiger partial charge in [-0.15, -0.1) is 11.3 Å². The van der Waals surface area contributed by atoms with E-state index in [-0.39, 0.29) is 17.3 Å². The van der Waals surface area contributed by atoms with Crippen molar-refractivity contribution in [3.05, 3.63) is 17.0 Å². The van der Waals surface area contributed by atoms with Crippen molar-refractivity contribution in [2.45, 2.75) is 29.8 Å². The van der Waals surface area contributed by atoms with Crippen LogP contribution in [0.15, 0.2) is 16.3 Å². The summed E-state index contributed by atoms with van der Waals surface area (Å²) in [5.41, 5.74) is 0. The molecule has 1 aromatic heterocycles. The molecule has 96 valence electrons. The van der Waals surface area contributed by atoms with E-state index < -0.39 is 22.2 Å². The highest BCUT2D eigenvalue weighted by Crippen LogP contribution is 2.27. The molecule has 2 rings (SSSR count). The van der Waals surface area contributed by atoms with Crippen LogP contribution in [0.1, 0.15) is 11.8 Å². The van der Waals surface area contributed by atoms with E-state index >= 15 is 0 Å². The Morgan fingerprint density at radius 2 is 1.94 bits per heavy atom. The van der Waals surface area contributed by atoms with E-state index in [4.69, 9.17) is 0 Å². The number of hydrogen-bond donors (Lipinski definition) is 2. The predicted octanol–water partition coefficient (Wildman–Crippen LogP) is 0.0366. The van der Waals surface area contributed by atoms with Crippen molar-refractivity contribution in [3.8, 4) is 0 Å². The summed E-state index contributed by atoms with van der Waals surface area (Å²) in [6.07, 6.45) is -1.18. The lowest BCUT2D eigenvalue weighted by molar-refractivity contribution is 0.0572. The summed E-state index contributed by atoms with van der Waals surface area (Å²) in [5, 5.41) is 18.8. The number of aliphatic hydroxyl groups is 2. The first-order valence-corrected chi connectivity index (χ1v) is 7.65. The van der Waals surface area contributed by atoms with Crippen molar-refractivity contribution >= 4 is 21.4 Å². The zero-order chi connectivity index (χ0) is 12.6. The van der Waals surface area contributed by atoms with E-state index in [1.807, 2.05) is 6.92 Å². The SMILES string of the molecule is CCc1ccc(S(=O)(=O)N2CC(O)C(O)C2)s1. The normalized spacial score (nSPS) is 26.5. The second-order valence-corrected chi connectivity index (χ2v) is 7.36. The van der Waals surface area contributed by atoms with Gasteiger partial charge < -0.3 is 10.2 Å². The fraction of sp³-hybridized carbons (Fsp3) is 0.600. The minimum Gasteiger partial charge on any atom is -0.389 e. The van der Waals surface area contributed by atoms with Crippen LogP contribution in [-0.4, -0.2) is 48.2 Å². The fourth-order valence-corrected chi connectivity index (χ4v) is 4.67. The van der Waals surface area contributed by atoms with Gasteiger partial charge in [-0.1, -0.05) is 6.92 Å². The molecule has 0 radical (unpaired) electrons. The molecule has 2 unspecified atom stereocenters. The van der Waals surface area contributed by atoms with E-state index in [0.29, 0.717) is 0 Å². The van der Waals surface area contributed by atoms with Crippen molar-refractivity contribution in [1.29, 1.82) is 0 Å². The van der Waals surface area contributed by atoms with Gasteiger partial charge in [0.05, 0.1) is 12.2 Å². The molecule has 1 aliphatic heterocycles. The van der Waals surface area contributed by atoms with Gasteiger partial charge in [-0.05, 0) is 18.6 Å². The second-order valence-electron chi connectivity index (χ2n) is 4.03. The number of nitrogens with zero attached hydrogens (tertiary/aromatic N) is 1. The average Bonchev–Trinajstić information content (AvgIpc) is 2.87. The molecule has 0 amide bonds. The fourth-order valence-electron chi connectivity index (χ4n) is 1.75. The van der Waals surface area contributed by atoms with Crippen LogP contribution in [0, 0.1) is 0 Å². The molecule has 1 aromatic rings. The molecular weight excluding hydrogens is 262 g/mol. The quantitative estimate of drug-likeness (QED) is 0.817. The van der Waals surface area contributed by atoms with Gasteiger partial charge in [0, 0.05) is 18.0 Å². The lowest BCUT2D eigenvalue weighted by atomic mass is 10.3. The summed E-state index contributed by atoms with van der Waals surface area (Å²) in [4.78, 5) is 1.00. The number of hydrogen-bond acceptors (Lipinski definition) is 5. The third kappa shape index (κ3) is 2.38. The van der Waals surface area contributed by atoms with Gasteiger partial charge in [0.15, 0.2) is 0 Å². The molecule has 1 aliphatic rings. The first-order valence-electron chi connectivity index (χ1n) is 5.40. The molecular formula is C10H15NO4S2. The summed E-state index contributed by atoms with van der Waals surface area (Å²) in [6, 6.07) is 3.37. The maximum atomic E-state index is 12.2. The van der Waals surface area contributed by atoms with Crippen molar-refractivity contribution in [2.24, 2.45) is 0 Å². The molecule has 2 N–H and O–H groups in total. The number of sulfonamides is 1. The monoisotopic (exact) mass is 277 g/mol.